The standard InChI is InChI=1S/C22H18F3N5O/c1-13-5-2-3-8-16(21(31)28-17-12-26-9-10-27-17)19-18(13)29-20(30-19)14-6-4-7-15(11-14)22(23,24)25/h3-4,6-12H,2,5H2,1H3,(H,29,30)(H,27,28,31)/b8-3-,18-13?,19-16-. The van der Waals surface area contributed by atoms with Crippen LogP contribution in [-0.4, -0.2) is 25.8 Å². The van der Waals surface area contributed by atoms with Crippen molar-refractivity contribution in [2.45, 2.75) is 25.9 Å². The number of hydrogen-bond acceptors (Lipinski definition) is 4. The van der Waals surface area contributed by atoms with Gasteiger partial charge in [-0.15, -0.1) is 0 Å². The van der Waals surface area contributed by atoms with Gasteiger partial charge in [-0.2, -0.15) is 13.2 Å². The molecule has 0 radical (unpaired) electrons. The second-order valence-electron chi connectivity index (χ2n) is 7.07. The quantitative estimate of drug-likeness (QED) is 0.675. The van der Waals surface area contributed by atoms with E-state index in [0.29, 0.717) is 22.7 Å². The molecule has 0 saturated carbocycles. The molecule has 1 amide bonds. The molecule has 0 spiro atoms. The highest BCUT2D eigenvalue weighted by molar-refractivity contribution is 6.22. The maximum absolute atomic E-state index is 13.1. The minimum atomic E-state index is -4.46. The third kappa shape index (κ3) is 4.40. The van der Waals surface area contributed by atoms with E-state index in [1.807, 2.05) is 13.0 Å². The number of hydrogen-bond donors (Lipinski definition) is 2. The van der Waals surface area contributed by atoms with Crippen molar-refractivity contribution < 1.29 is 18.0 Å². The van der Waals surface area contributed by atoms with Crippen LogP contribution in [0, 0.1) is 0 Å². The molecular weight excluding hydrogens is 407 g/mol. The van der Waals surface area contributed by atoms with Gasteiger partial charge in [0.1, 0.15) is 5.82 Å². The minimum Gasteiger partial charge on any atom is -0.337 e. The van der Waals surface area contributed by atoms with E-state index in [4.69, 9.17) is 0 Å². The van der Waals surface area contributed by atoms with Crippen LogP contribution in [0.4, 0.5) is 19.0 Å². The van der Waals surface area contributed by atoms with Gasteiger partial charge in [-0.3, -0.25) is 9.78 Å². The van der Waals surface area contributed by atoms with E-state index in [1.54, 1.807) is 12.1 Å². The predicted molar refractivity (Wildman–Crippen MR) is 110 cm³/mol. The van der Waals surface area contributed by atoms with Gasteiger partial charge in [-0.05, 0) is 37.5 Å². The second-order valence-corrected chi connectivity index (χ2v) is 7.07. The Bertz CT molecular complexity index is 1280. The molecule has 4 rings (SSSR count). The molecule has 31 heavy (non-hydrogen) atoms. The highest BCUT2D eigenvalue weighted by Gasteiger charge is 2.30. The zero-order chi connectivity index (χ0) is 22.0. The number of fused-ring (bicyclic) bond motifs is 1. The zero-order valence-electron chi connectivity index (χ0n) is 16.5. The Kier molecular flexibility index (Phi) is 5.41. The average molecular weight is 425 g/mol. The lowest BCUT2D eigenvalue weighted by Gasteiger charge is -2.07. The normalized spacial score (nSPS) is 16.8. The molecule has 6 nitrogen and oxygen atoms in total. The number of allylic oxidation sites excluding steroid dienone is 1. The van der Waals surface area contributed by atoms with Crippen LogP contribution in [0.25, 0.3) is 22.5 Å². The monoisotopic (exact) mass is 425 g/mol. The van der Waals surface area contributed by atoms with Crippen molar-refractivity contribution in [2.24, 2.45) is 0 Å². The molecule has 158 valence electrons. The van der Waals surface area contributed by atoms with Crippen molar-refractivity contribution >= 4 is 22.9 Å². The number of nitrogens with zero attached hydrogens (tertiary/aromatic N) is 3. The van der Waals surface area contributed by atoms with Crippen LogP contribution in [0.1, 0.15) is 25.3 Å². The van der Waals surface area contributed by atoms with Gasteiger partial charge in [-0.1, -0.05) is 24.3 Å². The molecule has 0 aliphatic heterocycles. The molecular formula is C22H18F3N5O. The largest absolute Gasteiger partial charge is 0.416 e. The Morgan fingerprint density at radius 3 is 2.81 bits per heavy atom. The summed E-state index contributed by atoms with van der Waals surface area (Å²) >= 11 is 0. The lowest BCUT2D eigenvalue weighted by molar-refractivity contribution is -0.137. The molecule has 1 aromatic carbocycles. The Labute approximate surface area is 175 Å². The van der Waals surface area contributed by atoms with E-state index in [0.717, 1.165) is 24.1 Å². The number of carbonyl (C=O) groups is 1. The second kappa shape index (κ2) is 8.17. The van der Waals surface area contributed by atoms with Crippen molar-refractivity contribution in [3.8, 4) is 11.4 Å². The summed E-state index contributed by atoms with van der Waals surface area (Å²) in [6.07, 6.45) is 4.90. The van der Waals surface area contributed by atoms with Gasteiger partial charge < -0.3 is 10.3 Å². The van der Waals surface area contributed by atoms with E-state index in [-0.39, 0.29) is 17.2 Å². The van der Waals surface area contributed by atoms with E-state index < -0.39 is 17.6 Å². The van der Waals surface area contributed by atoms with Gasteiger partial charge in [0.2, 0.25) is 0 Å². The number of benzene rings is 1. The van der Waals surface area contributed by atoms with Gasteiger partial charge in [0.15, 0.2) is 5.82 Å². The molecule has 3 aromatic rings. The number of aromatic nitrogens is 4. The highest BCUT2D eigenvalue weighted by Crippen LogP contribution is 2.31. The van der Waals surface area contributed by atoms with Crippen LogP contribution in [0.5, 0.6) is 0 Å². The molecule has 1 aliphatic carbocycles. The Morgan fingerprint density at radius 1 is 1.23 bits per heavy atom. The predicted octanol–water partition coefficient (Wildman–Crippen LogP) is 3.20. The van der Waals surface area contributed by atoms with E-state index in [1.165, 1.54) is 24.7 Å². The van der Waals surface area contributed by atoms with Gasteiger partial charge in [0.05, 0.1) is 28.0 Å². The van der Waals surface area contributed by atoms with Gasteiger partial charge in [0.25, 0.3) is 5.91 Å². The fourth-order valence-corrected chi connectivity index (χ4v) is 3.30. The van der Waals surface area contributed by atoms with Crippen LogP contribution in [0.2, 0.25) is 0 Å². The molecule has 2 heterocycles. The first-order valence-electron chi connectivity index (χ1n) is 9.54. The summed E-state index contributed by atoms with van der Waals surface area (Å²) in [7, 11) is 0. The third-order valence-electron chi connectivity index (χ3n) is 4.86. The molecule has 0 bridgehead atoms. The summed E-state index contributed by atoms with van der Waals surface area (Å²) in [6, 6.07) is 4.93. The van der Waals surface area contributed by atoms with Crippen molar-refractivity contribution in [3.63, 3.8) is 0 Å². The van der Waals surface area contributed by atoms with Crippen LogP contribution in [0.3, 0.4) is 0 Å². The smallest absolute Gasteiger partial charge is 0.337 e. The fraction of sp³-hybridized carbons (Fsp3) is 0.182. The first-order chi connectivity index (χ1) is 14.8. The summed E-state index contributed by atoms with van der Waals surface area (Å²) in [5.41, 5.74) is 0.759. The number of rotatable bonds is 3. The first kappa shape index (κ1) is 20.5. The van der Waals surface area contributed by atoms with E-state index in [2.05, 4.69) is 25.3 Å². The molecule has 9 heteroatoms. The molecule has 0 fully saturated rings. The number of anilines is 1. The average Bonchev–Trinajstić information content (AvgIpc) is 3.17. The van der Waals surface area contributed by atoms with Crippen LogP contribution < -0.4 is 16.0 Å². The van der Waals surface area contributed by atoms with Crippen molar-refractivity contribution in [1.82, 2.24) is 19.9 Å². The third-order valence-corrected chi connectivity index (χ3v) is 4.86. The summed E-state index contributed by atoms with van der Waals surface area (Å²) in [4.78, 5) is 28.5. The number of alkyl halides is 3. The molecule has 2 aromatic heterocycles. The Hall–Kier alpha value is -3.75. The number of nitrogens with one attached hydrogen (secondary N) is 2. The number of imidazole rings is 1. The van der Waals surface area contributed by atoms with Crippen LogP contribution in [-0.2, 0) is 11.0 Å². The number of halogens is 3. The molecule has 0 unspecified atom stereocenters. The number of amides is 1. The van der Waals surface area contributed by atoms with Crippen molar-refractivity contribution in [3.05, 3.63) is 71.3 Å². The lowest BCUT2D eigenvalue weighted by atomic mass is 10.1. The Balaban J connectivity index is 1.87. The maximum Gasteiger partial charge on any atom is 0.416 e. The van der Waals surface area contributed by atoms with Gasteiger partial charge in [-0.25, -0.2) is 9.97 Å². The Morgan fingerprint density at radius 2 is 2.06 bits per heavy atom. The summed E-state index contributed by atoms with van der Waals surface area (Å²) < 4.78 is 39.4. The van der Waals surface area contributed by atoms with Gasteiger partial charge >= 0.3 is 6.18 Å². The van der Waals surface area contributed by atoms with Crippen molar-refractivity contribution in [2.75, 3.05) is 5.32 Å². The van der Waals surface area contributed by atoms with Crippen molar-refractivity contribution in [1.29, 1.82) is 0 Å². The molecule has 0 saturated heterocycles. The van der Waals surface area contributed by atoms with Crippen LogP contribution in [0.15, 0.2) is 55.0 Å². The molecule has 2 N–H and O–H groups in total. The van der Waals surface area contributed by atoms with Gasteiger partial charge in [0, 0.05) is 18.0 Å². The molecule has 1 aliphatic rings. The number of aromatic amines is 1. The first-order valence-corrected chi connectivity index (χ1v) is 9.54. The summed E-state index contributed by atoms with van der Waals surface area (Å²) in [6.45, 7) is 1.90. The SMILES string of the molecule is CC1=c2nc(-c3cccc(C(F)(F)F)c3)[nH]/c2=C(C(=O)Nc2cnccn2)/C=C\CC1. The highest BCUT2D eigenvalue weighted by atomic mass is 19.4. The summed E-state index contributed by atoms with van der Waals surface area (Å²) in [5, 5.41) is 3.69. The molecule has 0 atom stereocenters. The fourth-order valence-electron chi connectivity index (χ4n) is 3.30. The summed E-state index contributed by atoms with van der Waals surface area (Å²) in [5.74, 6) is 0.123. The van der Waals surface area contributed by atoms with Crippen LogP contribution >= 0.6 is 0 Å². The number of H-pyrrole nitrogens is 1. The van der Waals surface area contributed by atoms with E-state index in [9.17, 15) is 18.0 Å². The topological polar surface area (TPSA) is 83.6 Å². The maximum atomic E-state index is 13.1. The van der Waals surface area contributed by atoms with E-state index >= 15 is 0 Å². The minimum absolute atomic E-state index is 0.260. The lowest BCUT2D eigenvalue weighted by Crippen LogP contribution is -2.33. The number of carbonyl (C=O) groups excluding carboxylic acids is 1. The zero-order valence-corrected chi connectivity index (χ0v) is 16.5.